The van der Waals surface area contributed by atoms with Gasteiger partial charge in [-0.2, -0.15) is 0 Å². The number of benzene rings is 2. The van der Waals surface area contributed by atoms with E-state index in [4.69, 9.17) is 0 Å². The number of fused-ring (bicyclic) bond motifs is 2. The number of carbonyl (C=O) groups is 1. The van der Waals surface area contributed by atoms with Gasteiger partial charge in [-0.15, -0.1) is 0 Å². The second-order valence-electron chi connectivity index (χ2n) is 8.17. The van der Waals surface area contributed by atoms with E-state index >= 15 is 0 Å². The molecular weight excluding hydrogens is 374 g/mol. The number of aryl methyl sites for hydroxylation is 3. The monoisotopic (exact) mass is 397 g/mol. The van der Waals surface area contributed by atoms with Crippen LogP contribution in [0.1, 0.15) is 22.5 Å². The number of nitrogens with zero attached hydrogens (tertiary/aromatic N) is 3. The molecule has 30 heavy (non-hydrogen) atoms. The van der Waals surface area contributed by atoms with Crippen LogP contribution < -0.4 is 4.90 Å². The predicted molar refractivity (Wildman–Crippen MR) is 119 cm³/mol. The smallest absolute Gasteiger partial charge is 0.200 e. The lowest BCUT2D eigenvalue weighted by atomic mass is 9.87. The minimum atomic E-state index is -0.149. The van der Waals surface area contributed by atoms with E-state index in [0.717, 1.165) is 34.4 Å². The molecule has 2 heterocycles. The second kappa shape index (κ2) is 6.46. The fourth-order valence-electron chi connectivity index (χ4n) is 4.26. The number of hydrogen-bond donors (Lipinski definition) is 1. The number of aromatic nitrogens is 2. The van der Waals surface area contributed by atoms with E-state index in [1.807, 2.05) is 49.9 Å². The zero-order chi connectivity index (χ0) is 21.2. The Kier molecular flexibility index (Phi) is 3.97. The summed E-state index contributed by atoms with van der Waals surface area (Å²) in [6, 6.07) is 12.4. The SMILES string of the molecule is Cc1ccc2c(c1)C/C(=C/C1=C(O)C(=Cc3nc4cc(C)ccc4n3C)C1=O)N2C. The van der Waals surface area contributed by atoms with Crippen molar-refractivity contribution >= 4 is 28.6 Å². The molecule has 150 valence electrons. The third-order valence-corrected chi connectivity index (χ3v) is 6.05. The molecule has 1 aliphatic carbocycles. The average Bonchev–Trinajstić information content (AvgIpc) is 3.19. The van der Waals surface area contributed by atoms with Crippen molar-refractivity contribution in [3.63, 3.8) is 0 Å². The number of rotatable bonds is 2. The number of aliphatic hydroxyl groups excluding tert-OH is 1. The Hall–Kier alpha value is -3.60. The molecule has 5 rings (SSSR count). The fraction of sp³-hybridized carbons (Fsp3) is 0.200. The zero-order valence-electron chi connectivity index (χ0n) is 17.5. The lowest BCUT2D eigenvalue weighted by molar-refractivity contribution is -0.113. The highest BCUT2D eigenvalue weighted by Crippen LogP contribution is 2.37. The van der Waals surface area contributed by atoms with Gasteiger partial charge in [-0.05, 0) is 55.3 Å². The molecule has 0 saturated carbocycles. The van der Waals surface area contributed by atoms with Crippen molar-refractivity contribution in [1.29, 1.82) is 0 Å². The fourth-order valence-corrected chi connectivity index (χ4v) is 4.26. The summed E-state index contributed by atoms with van der Waals surface area (Å²) >= 11 is 0. The zero-order valence-corrected chi connectivity index (χ0v) is 17.5. The van der Waals surface area contributed by atoms with Gasteiger partial charge in [-0.1, -0.05) is 23.8 Å². The average molecular weight is 397 g/mol. The van der Waals surface area contributed by atoms with Crippen molar-refractivity contribution in [2.45, 2.75) is 20.3 Å². The number of ketones is 1. The van der Waals surface area contributed by atoms with Gasteiger partial charge in [0, 0.05) is 31.9 Å². The third-order valence-electron chi connectivity index (χ3n) is 6.05. The van der Waals surface area contributed by atoms with E-state index in [1.165, 1.54) is 11.1 Å². The molecule has 1 N–H and O–H groups in total. The highest BCUT2D eigenvalue weighted by Gasteiger charge is 2.34. The third kappa shape index (κ3) is 2.70. The van der Waals surface area contributed by atoms with Crippen molar-refractivity contribution in [1.82, 2.24) is 9.55 Å². The van der Waals surface area contributed by atoms with Crippen LogP contribution in [0.2, 0.25) is 0 Å². The maximum atomic E-state index is 12.8. The van der Waals surface area contributed by atoms with Crippen LogP contribution in [0.5, 0.6) is 0 Å². The predicted octanol–water partition coefficient (Wildman–Crippen LogP) is 4.54. The number of anilines is 1. The molecular formula is C25H23N3O2. The molecule has 0 bridgehead atoms. The second-order valence-corrected chi connectivity index (χ2v) is 8.17. The Labute approximate surface area is 175 Å². The van der Waals surface area contributed by atoms with Gasteiger partial charge in [0.15, 0.2) is 0 Å². The van der Waals surface area contributed by atoms with Gasteiger partial charge in [0.1, 0.15) is 11.6 Å². The summed E-state index contributed by atoms with van der Waals surface area (Å²) in [5, 5.41) is 10.6. The first kappa shape index (κ1) is 18.4. The van der Waals surface area contributed by atoms with Gasteiger partial charge >= 0.3 is 0 Å². The Morgan fingerprint density at radius 1 is 1.03 bits per heavy atom. The molecule has 0 fully saturated rings. The lowest BCUT2D eigenvalue weighted by Crippen LogP contribution is -2.23. The van der Waals surface area contributed by atoms with Crippen LogP contribution in [-0.2, 0) is 18.3 Å². The summed E-state index contributed by atoms with van der Waals surface area (Å²) in [7, 11) is 3.91. The quantitative estimate of drug-likeness (QED) is 0.645. The maximum absolute atomic E-state index is 12.8. The number of allylic oxidation sites excluding steroid dienone is 4. The molecule has 5 nitrogen and oxygen atoms in total. The minimum Gasteiger partial charge on any atom is -0.506 e. The normalized spacial score (nSPS) is 18.7. The largest absolute Gasteiger partial charge is 0.506 e. The van der Waals surface area contributed by atoms with Gasteiger partial charge in [0.05, 0.1) is 22.2 Å². The summed E-state index contributed by atoms with van der Waals surface area (Å²) in [5.41, 5.74) is 8.27. The van der Waals surface area contributed by atoms with Crippen molar-refractivity contribution in [3.05, 3.63) is 87.6 Å². The molecule has 0 unspecified atom stereocenters. The van der Waals surface area contributed by atoms with Gasteiger partial charge in [-0.3, -0.25) is 4.79 Å². The van der Waals surface area contributed by atoms with Gasteiger partial charge < -0.3 is 14.6 Å². The first-order valence-corrected chi connectivity index (χ1v) is 10.0. The van der Waals surface area contributed by atoms with Crippen LogP contribution in [0, 0.1) is 13.8 Å². The number of imidazole rings is 1. The number of hydrogen-bond acceptors (Lipinski definition) is 4. The van der Waals surface area contributed by atoms with Crippen LogP contribution in [0.4, 0.5) is 5.69 Å². The molecule has 2 aromatic carbocycles. The Morgan fingerprint density at radius 3 is 2.53 bits per heavy atom. The van der Waals surface area contributed by atoms with E-state index in [0.29, 0.717) is 17.0 Å². The molecule has 5 heteroatoms. The molecule has 0 saturated heterocycles. The summed E-state index contributed by atoms with van der Waals surface area (Å²) in [6.07, 6.45) is 4.23. The van der Waals surface area contributed by atoms with Gasteiger partial charge in [-0.25, -0.2) is 4.98 Å². The van der Waals surface area contributed by atoms with Gasteiger partial charge in [0.2, 0.25) is 5.78 Å². The molecule has 3 aromatic rings. The van der Waals surface area contributed by atoms with E-state index in [2.05, 4.69) is 35.0 Å². The maximum Gasteiger partial charge on any atom is 0.200 e. The van der Waals surface area contributed by atoms with Crippen LogP contribution in [0.3, 0.4) is 0 Å². The minimum absolute atomic E-state index is 0.0382. The van der Waals surface area contributed by atoms with E-state index in [9.17, 15) is 9.90 Å². The van der Waals surface area contributed by atoms with Crippen LogP contribution in [-0.4, -0.2) is 27.5 Å². The first-order valence-electron chi connectivity index (χ1n) is 10.0. The first-order chi connectivity index (χ1) is 14.3. The van der Waals surface area contributed by atoms with Crippen molar-refractivity contribution in [2.24, 2.45) is 7.05 Å². The summed E-state index contributed by atoms with van der Waals surface area (Å²) in [4.78, 5) is 19.5. The summed E-state index contributed by atoms with van der Waals surface area (Å²) in [6.45, 7) is 4.10. The van der Waals surface area contributed by atoms with E-state index in [-0.39, 0.29) is 11.5 Å². The van der Waals surface area contributed by atoms with Crippen molar-refractivity contribution in [2.75, 3.05) is 11.9 Å². The number of carbonyl (C=O) groups excluding carboxylic acids is 1. The van der Waals surface area contributed by atoms with Gasteiger partial charge in [0.25, 0.3) is 0 Å². The van der Waals surface area contributed by atoms with Crippen molar-refractivity contribution < 1.29 is 9.90 Å². The highest BCUT2D eigenvalue weighted by atomic mass is 16.3. The standard InChI is InChI=1S/C25H23N3O2/c1-14-5-7-21-16(9-14)11-17(27(21)3)12-18-24(29)19(25(18)30)13-23-26-20-10-15(2)6-8-22(20)28(23)4/h5-10,12-13,29H,11H2,1-4H3/b17-12-,19-13?. The Balaban J connectivity index is 1.49. The molecule has 0 radical (unpaired) electrons. The molecule has 2 aliphatic rings. The molecule has 0 atom stereocenters. The van der Waals surface area contributed by atoms with Crippen molar-refractivity contribution in [3.8, 4) is 0 Å². The summed E-state index contributed by atoms with van der Waals surface area (Å²) in [5.74, 6) is 0.540. The highest BCUT2D eigenvalue weighted by molar-refractivity contribution is 6.23. The molecule has 1 aliphatic heterocycles. The Bertz CT molecular complexity index is 1340. The summed E-state index contributed by atoms with van der Waals surface area (Å²) < 4.78 is 1.93. The molecule has 1 aromatic heterocycles. The van der Waals surface area contributed by atoms with Crippen LogP contribution in [0.25, 0.3) is 17.1 Å². The number of likely N-dealkylation sites (N-methyl/N-ethyl adjacent to an activating group) is 1. The lowest BCUT2D eigenvalue weighted by Gasteiger charge is -2.21. The Morgan fingerprint density at radius 2 is 1.77 bits per heavy atom. The van der Waals surface area contributed by atoms with Crippen LogP contribution in [0.15, 0.2) is 65.1 Å². The van der Waals surface area contributed by atoms with Crippen LogP contribution >= 0.6 is 0 Å². The molecule has 0 spiro atoms. The topological polar surface area (TPSA) is 58.4 Å². The number of aliphatic hydroxyl groups is 1. The number of Topliss-reactive ketones (excluding diaryl/α,β-unsaturated/α-hetero) is 1. The van der Waals surface area contributed by atoms with E-state index in [1.54, 1.807) is 6.08 Å². The molecule has 0 amide bonds. The van der Waals surface area contributed by atoms with E-state index < -0.39 is 0 Å².